The van der Waals surface area contributed by atoms with E-state index in [1.54, 1.807) is 6.08 Å². The molecule has 0 aromatic carbocycles. The lowest BCUT2D eigenvalue weighted by Crippen LogP contribution is -1.80. The standard InChI is InChI=1S/C12H16N2.2C2H6.CH4/c1-5-6-9(2)7-10(3)12-8-13-11(4)14-12;2*1-2;/h5-8H,1H2,2-4H3,(H,13,14);2*1-2H3;1H4/b9-6-,10-7+;;;. The van der Waals surface area contributed by atoms with Gasteiger partial charge in [-0.15, -0.1) is 0 Å². The summed E-state index contributed by atoms with van der Waals surface area (Å²) in [5.74, 6) is 0.943. The van der Waals surface area contributed by atoms with Crippen LogP contribution >= 0.6 is 0 Å². The van der Waals surface area contributed by atoms with Crippen molar-refractivity contribution < 1.29 is 0 Å². The highest BCUT2D eigenvalue weighted by Crippen LogP contribution is 2.13. The van der Waals surface area contributed by atoms with Gasteiger partial charge < -0.3 is 4.98 Å². The molecule has 0 amide bonds. The molecule has 110 valence electrons. The zero-order valence-electron chi connectivity index (χ0n) is 13.0. The van der Waals surface area contributed by atoms with Gasteiger partial charge >= 0.3 is 0 Å². The molecule has 0 spiro atoms. The Hall–Kier alpha value is -1.57. The largest absolute Gasteiger partial charge is 0.343 e. The maximum absolute atomic E-state index is 4.15. The lowest BCUT2D eigenvalue weighted by atomic mass is 10.1. The van der Waals surface area contributed by atoms with Crippen molar-refractivity contribution in [1.82, 2.24) is 9.97 Å². The molecule has 0 fully saturated rings. The minimum absolute atomic E-state index is 0. The van der Waals surface area contributed by atoms with Gasteiger partial charge in [-0.1, -0.05) is 65.5 Å². The van der Waals surface area contributed by atoms with Crippen LogP contribution < -0.4 is 0 Å². The summed E-state index contributed by atoms with van der Waals surface area (Å²) in [5, 5.41) is 0. The van der Waals surface area contributed by atoms with E-state index in [1.165, 1.54) is 11.1 Å². The Balaban J connectivity index is -0.000000467. The molecule has 0 aliphatic heterocycles. The Labute approximate surface area is 120 Å². The first-order valence-electron chi connectivity index (χ1n) is 6.63. The molecule has 0 atom stereocenters. The molecule has 2 heteroatoms. The van der Waals surface area contributed by atoms with Crippen LogP contribution in [0.5, 0.6) is 0 Å². The smallest absolute Gasteiger partial charge is 0.103 e. The van der Waals surface area contributed by atoms with Crippen LogP contribution in [0.25, 0.3) is 5.57 Å². The molecule has 0 aliphatic carbocycles. The van der Waals surface area contributed by atoms with Crippen molar-refractivity contribution in [2.24, 2.45) is 0 Å². The Morgan fingerprint density at radius 2 is 1.74 bits per heavy atom. The van der Waals surface area contributed by atoms with Crippen LogP contribution in [0.4, 0.5) is 0 Å². The van der Waals surface area contributed by atoms with E-state index in [0.717, 1.165) is 11.5 Å². The van der Waals surface area contributed by atoms with Gasteiger partial charge in [-0.3, -0.25) is 0 Å². The maximum Gasteiger partial charge on any atom is 0.103 e. The molecule has 19 heavy (non-hydrogen) atoms. The van der Waals surface area contributed by atoms with Crippen LogP contribution in [0.15, 0.2) is 36.6 Å². The summed E-state index contributed by atoms with van der Waals surface area (Å²) in [4.78, 5) is 7.35. The van der Waals surface area contributed by atoms with E-state index in [0.29, 0.717) is 0 Å². The second-order valence-electron chi connectivity index (χ2n) is 3.36. The van der Waals surface area contributed by atoms with Gasteiger partial charge in [-0.2, -0.15) is 0 Å². The van der Waals surface area contributed by atoms with Gasteiger partial charge in [-0.05, 0) is 26.3 Å². The lowest BCUT2D eigenvalue weighted by Gasteiger charge is -1.96. The van der Waals surface area contributed by atoms with Crippen molar-refractivity contribution in [3.8, 4) is 0 Å². The van der Waals surface area contributed by atoms with Gasteiger partial charge in [0.1, 0.15) is 5.82 Å². The molecule has 1 heterocycles. The number of aryl methyl sites for hydroxylation is 1. The van der Waals surface area contributed by atoms with Gasteiger partial charge in [-0.25, -0.2) is 4.98 Å². The molecule has 1 rings (SSSR count). The molecule has 0 saturated carbocycles. The van der Waals surface area contributed by atoms with E-state index in [4.69, 9.17) is 0 Å². The van der Waals surface area contributed by atoms with E-state index in [2.05, 4.69) is 36.5 Å². The molecule has 1 aromatic heterocycles. The summed E-state index contributed by atoms with van der Waals surface area (Å²) < 4.78 is 0. The number of hydrogen-bond acceptors (Lipinski definition) is 1. The van der Waals surface area contributed by atoms with Gasteiger partial charge in [0.05, 0.1) is 11.9 Å². The zero-order valence-corrected chi connectivity index (χ0v) is 13.0. The molecule has 0 saturated heterocycles. The highest BCUT2D eigenvalue weighted by atomic mass is 14.9. The SMILES string of the molecule is C.C=C/C=C(C)\C=C(/C)c1cnc(C)[nH]1.CC.CC. The van der Waals surface area contributed by atoms with Gasteiger partial charge in [0.15, 0.2) is 0 Å². The monoisotopic (exact) mass is 264 g/mol. The number of allylic oxidation sites excluding steroid dienone is 5. The third-order valence-electron chi connectivity index (χ3n) is 1.95. The Morgan fingerprint density at radius 3 is 2.11 bits per heavy atom. The fourth-order valence-electron chi connectivity index (χ4n) is 1.27. The van der Waals surface area contributed by atoms with E-state index >= 15 is 0 Å². The first kappa shape index (κ1) is 22.6. The molecular formula is C17H32N2. The quantitative estimate of drug-likeness (QED) is 0.672. The zero-order chi connectivity index (χ0) is 14.6. The van der Waals surface area contributed by atoms with Crippen LogP contribution in [0.3, 0.4) is 0 Å². The molecule has 2 nitrogen and oxygen atoms in total. The van der Waals surface area contributed by atoms with Crippen molar-refractivity contribution in [2.75, 3.05) is 0 Å². The van der Waals surface area contributed by atoms with Crippen molar-refractivity contribution in [3.63, 3.8) is 0 Å². The number of aromatic amines is 1. The van der Waals surface area contributed by atoms with Gasteiger partial charge in [0.25, 0.3) is 0 Å². The predicted molar refractivity (Wildman–Crippen MR) is 90.4 cm³/mol. The summed E-state index contributed by atoms with van der Waals surface area (Å²) in [6.07, 6.45) is 7.72. The molecule has 0 unspecified atom stereocenters. The Morgan fingerprint density at radius 1 is 1.21 bits per heavy atom. The molecule has 1 N–H and O–H groups in total. The van der Waals surface area contributed by atoms with E-state index < -0.39 is 0 Å². The van der Waals surface area contributed by atoms with Crippen LogP contribution in [-0.4, -0.2) is 9.97 Å². The molecular weight excluding hydrogens is 232 g/mol. The molecule has 0 aliphatic rings. The van der Waals surface area contributed by atoms with Gasteiger partial charge in [0, 0.05) is 0 Å². The third-order valence-corrected chi connectivity index (χ3v) is 1.95. The summed E-state index contributed by atoms with van der Waals surface area (Å²) in [5.41, 5.74) is 3.44. The lowest BCUT2D eigenvalue weighted by molar-refractivity contribution is 1.14. The highest BCUT2D eigenvalue weighted by Gasteiger charge is 1.98. The van der Waals surface area contributed by atoms with Crippen molar-refractivity contribution in [1.29, 1.82) is 0 Å². The van der Waals surface area contributed by atoms with Crippen LogP contribution in [0.2, 0.25) is 0 Å². The van der Waals surface area contributed by atoms with Crippen LogP contribution in [0, 0.1) is 6.92 Å². The average molecular weight is 264 g/mol. The van der Waals surface area contributed by atoms with Crippen molar-refractivity contribution >= 4 is 5.57 Å². The number of aromatic nitrogens is 2. The maximum atomic E-state index is 4.15. The highest BCUT2D eigenvalue weighted by molar-refractivity contribution is 5.63. The van der Waals surface area contributed by atoms with E-state index in [1.807, 2.05) is 46.9 Å². The number of rotatable bonds is 3. The van der Waals surface area contributed by atoms with E-state index in [9.17, 15) is 0 Å². The fraction of sp³-hybridized carbons (Fsp3) is 0.471. The predicted octanol–water partition coefficient (Wildman–Crippen LogP) is 5.94. The first-order valence-corrected chi connectivity index (χ1v) is 6.63. The van der Waals surface area contributed by atoms with Crippen LogP contribution in [0.1, 0.15) is 60.5 Å². The minimum Gasteiger partial charge on any atom is -0.343 e. The molecule has 0 bridgehead atoms. The number of imidazole rings is 1. The summed E-state index contributed by atoms with van der Waals surface area (Å²) in [6.45, 7) is 17.7. The summed E-state index contributed by atoms with van der Waals surface area (Å²) in [7, 11) is 0. The normalized spacial score (nSPS) is 10.3. The average Bonchev–Trinajstić information content (AvgIpc) is 2.81. The molecule has 1 aromatic rings. The minimum atomic E-state index is 0. The van der Waals surface area contributed by atoms with Crippen LogP contribution in [-0.2, 0) is 0 Å². The van der Waals surface area contributed by atoms with Crippen molar-refractivity contribution in [2.45, 2.75) is 55.9 Å². The number of nitrogens with one attached hydrogen (secondary N) is 1. The molecule has 0 radical (unpaired) electrons. The first-order chi connectivity index (χ1) is 8.63. The second-order valence-corrected chi connectivity index (χ2v) is 3.36. The Bertz CT molecular complexity index is 382. The number of nitrogens with zero attached hydrogens (tertiary/aromatic N) is 1. The fourth-order valence-corrected chi connectivity index (χ4v) is 1.27. The summed E-state index contributed by atoms with van der Waals surface area (Å²) in [6, 6.07) is 0. The van der Waals surface area contributed by atoms with Gasteiger partial charge in [0.2, 0.25) is 0 Å². The Kier molecular flexibility index (Phi) is 17.2. The third kappa shape index (κ3) is 10.1. The van der Waals surface area contributed by atoms with E-state index in [-0.39, 0.29) is 7.43 Å². The second kappa shape index (κ2) is 14.5. The van der Waals surface area contributed by atoms with Crippen molar-refractivity contribution in [3.05, 3.63) is 48.1 Å². The summed E-state index contributed by atoms with van der Waals surface area (Å²) >= 11 is 0. The number of hydrogen-bond donors (Lipinski definition) is 1. The topological polar surface area (TPSA) is 28.7 Å². The number of H-pyrrole nitrogens is 1.